The Hall–Kier alpha value is -0.790. The Morgan fingerprint density at radius 1 is 1.21 bits per heavy atom. The van der Waals surface area contributed by atoms with E-state index >= 15 is 0 Å². The van der Waals surface area contributed by atoms with Gasteiger partial charge in [-0.2, -0.15) is 0 Å². The molecule has 0 aromatic carbocycles. The second-order valence-corrected chi connectivity index (χ2v) is 6.80. The van der Waals surface area contributed by atoms with Crippen molar-refractivity contribution in [3.63, 3.8) is 0 Å². The Morgan fingerprint density at radius 3 is 2.68 bits per heavy atom. The highest BCUT2D eigenvalue weighted by Crippen LogP contribution is 2.49. The van der Waals surface area contributed by atoms with Crippen LogP contribution in [0.1, 0.15) is 51.9 Å². The summed E-state index contributed by atoms with van der Waals surface area (Å²) in [6.45, 7) is 4.09. The summed E-state index contributed by atoms with van der Waals surface area (Å²) in [6.07, 6.45) is 13.4. The summed E-state index contributed by atoms with van der Waals surface area (Å²) in [7, 11) is 0. The molecule has 0 bridgehead atoms. The van der Waals surface area contributed by atoms with E-state index in [-0.39, 0.29) is 0 Å². The molecule has 2 fully saturated rings. The van der Waals surface area contributed by atoms with Gasteiger partial charge in [0.25, 0.3) is 0 Å². The summed E-state index contributed by atoms with van der Waals surface area (Å²) in [4.78, 5) is 14.2. The van der Waals surface area contributed by atoms with Crippen LogP contribution in [0, 0.1) is 23.7 Å². The summed E-state index contributed by atoms with van der Waals surface area (Å²) in [5.41, 5.74) is 0. The lowest BCUT2D eigenvalue weighted by molar-refractivity contribution is -0.131. The lowest BCUT2D eigenvalue weighted by Crippen LogP contribution is -2.34. The van der Waals surface area contributed by atoms with Gasteiger partial charge in [-0.3, -0.25) is 4.79 Å². The number of nitrogens with zero attached hydrogens (tertiary/aromatic N) is 1. The molecule has 2 nitrogen and oxygen atoms in total. The monoisotopic (exact) mass is 261 g/mol. The third-order valence-corrected chi connectivity index (χ3v) is 5.18. The van der Waals surface area contributed by atoms with E-state index in [1.807, 2.05) is 6.92 Å². The predicted octanol–water partition coefficient (Wildman–Crippen LogP) is 3.63. The highest BCUT2D eigenvalue weighted by Gasteiger charge is 2.43. The normalized spacial score (nSPS) is 33.2. The van der Waals surface area contributed by atoms with Gasteiger partial charge in [0.2, 0.25) is 5.91 Å². The molecule has 106 valence electrons. The van der Waals surface area contributed by atoms with E-state index in [1.165, 1.54) is 38.5 Å². The predicted molar refractivity (Wildman–Crippen MR) is 77.7 cm³/mol. The van der Waals surface area contributed by atoms with Gasteiger partial charge in [-0.1, -0.05) is 19.1 Å². The maximum absolute atomic E-state index is 12.0. The summed E-state index contributed by atoms with van der Waals surface area (Å²) < 4.78 is 0. The quantitative estimate of drug-likeness (QED) is 0.669. The van der Waals surface area contributed by atoms with Crippen LogP contribution in [0.15, 0.2) is 12.2 Å². The number of hydrogen-bond acceptors (Lipinski definition) is 1. The Labute approximate surface area is 117 Å². The average Bonchev–Trinajstić information content (AvgIpc) is 3.34. The third kappa shape index (κ3) is 3.40. The van der Waals surface area contributed by atoms with E-state index < -0.39 is 0 Å². The zero-order chi connectivity index (χ0) is 13.2. The molecule has 3 unspecified atom stereocenters. The number of carbonyl (C=O) groups excluding carboxylic acids is 1. The fraction of sp³-hybridized carbons (Fsp3) is 0.824. The molecule has 0 spiro atoms. The molecule has 3 aliphatic rings. The van der Waals surface area contributed by atoms with Crippen LogP contribution >= 0.6 is 0 Å². The molecular weight excluding hydrogens is 234 g/mol. The topological polar surface area (TPSA) is 20.3 Å². The maximum Gasteiger partial charge on any atom is 0.222 e. The molecule has 0 aromatic rings. The SMILES string of the molecule is CCC(=O)N(CC1CC1)CC1CC1C1CC=CCC1. The highest BCUT2D eigenvalue weighted by atomic mass is 16.2. The number of allylic oxidation sites excluding steroid dienone is 2. The fourth-order valence-corrected chi connectivity index (χ4v) is 3.66. The molecule has 2 saturated carbocycles. The van der Waals surface area contributed by atoms with E-state index in [1.54, 1.807) is 0 Å². The highest BCUT2D eigenvalue weighted by molar-refractivity contribution is 5.75. The average molecular weight is 261 g/mol. The van der Waals surface area contributed by atoms with Gasteiger partial charge in [0, 0.05) is 19.5 Å². The Balaban J connectivity index is 1.49. The van der Waals surface area contributed by atoms with E-state index in [4.69, 9.17) is 0 Å². The molecule has 3 atom stereocenters. The van der Waals surface area contributed by atoms with Gasteiger partial charge in [-0.15, -0.1) is 0 Å². The first-order valence-corrected chi connectivity index (χ1v) is 8.20. The van der Waals surface area contributed by atoms with Gasteiger partial charge >= 0.3 is 0 Å². The van der Waals surface area contributed by atoms with E-state index in [0.717, 1.165) is 36.8 Å². The molecule has 2 heteroatoms. The van der Waals surface area contributed by atoms with Crippen LogP contribution in [0.5, 0.6) is 0 Å². The second-order valence-electron chi connectivity index (χ2n) is 6.80. The van der Waals surface area contributed by atoms with Crippen molar-refractivity contribution in [3.05, 3.63) is 12.2 Å². The minimum absolute atomic E-state index is 0.376. The number of carbonyl (C=O) groups is 1. The number of amides is 1. The van der Waals surface area contributed by atoms with E-state index in [0.29, 0.717) is 12.3 Å². The summed E-state index contributed by atoms with van der Waals surface area (Å²) in [6, 6.07) is 0. The van der Waals surface area contributed by atoms with Crippen molar-refractivity contribution in [3.8, 4) is 0 Å². The number of hydrogen-bond donors (Lipinski definition) is 0. The van der Waals surface area contributed by atoms with Gasteiger partial charge in [0.1, 0.15) is 0 Å². The van der Waals surface area contributed by atoms with Crippen molar-refractivity contribution in [2.75, 3.05) is 13.1 Å². The molecule has 1 amide bonds. The van der Waals surface area contributed by atoms with Gasteiger partial charge in [-0.05, 0) is 62.2 Å². The first-order chi connectivity index (χ1) is 9.28. The van der Waals surface area contributed by atoms with Crippen LogP contribution in [-0.2, 0) is 4.79 Å². The van der Waals surface area contributed by atoms with Crippen molar-refractivity contribution in [1.29, 1.82) is 0 Å². The summed E-state index contributed by atoms with van der Waals surface area (Å²) in [5, 5.41) is 0. The lowest BCUT2D eigenvalue weighted by atomic mass is 9.89. The first kappa shape index (κ1) is 13.2. The van der Waals surface area contributed by atoms with Crippen molar-refractivity contribution in [2.45, 2.75) is 51.9 Å². The van der Waals surface area contributed by atoms with E-state index in [2.05, 4.69) is 17.1 Å². The third-order valence-electron chi connectivity index (χ3n) is 5.18. The summed E-state index contributed by atoms with van der Waals surface area (Å²) in [5.74, 6) is 3.84. The van der Waals surface area contributed by atoms with Crippen molar-refractivity contribution < 1.29 is 4.79 Å². The lowest BCUT2D eigenvalue weighted by Gasteiger charge is -2.24. The van der Waals surface area contributed by atoms with Gasteiger partial charge < -0.3 is 4.90 Å². The standard InChI is InChI=1S/C17H27NO/c1-2-17(19)18(11-13-8-9-13)12-15-10-16(15)14-6-4-3-5-7-14/h3-4,13-16H,2,5-12H2,1H3. The molecule has 3 rings (SSSR count). The van der Waals surface area contributed by atoms with Crippen molar-refractivity contribution in [2.24, 2.45) is 23.7 Å². The molecule has 0 radical (unpaired) electrons. The van der Waals surface area contributed by atoms with Crippen LogP contribution < -0.4 is 0 Å². The molecular formula is C17H27NO. The Morgan fingerprint density at radius 2 is 2.05 bits per heavy atom. The molecule has 0 N–H and O–H groups in total. The van der Waals surface area contributed by atoms with Crippen LogP contribution in [0.2, 0.25) is 0 Å². The molecule has 0 aliphatic heterocycles. The Kier molecular flexibility index (Phi) is 3.95. The molecule has 0 heterocycles. The smallest absolute Gasteiger partial charge is 0.222 e. The minimum atomic E-state index is 0.376. The molecule has 19 heavy (non-hydrogen) atoms. The second kappa shape index (κ2) is 5.68. The van der Waals surface area contributed by atoms with Gasteiger partial charge in [0.15, 0.2) is 0 Å². The number of rotatable bonds is 6. The van der Waals surface area contributed by atoms with Crippen molar-refractivity contribution >= 4 is 5.91 Å². The fourth-order valence-electron chi connectivity index (χ4n) is 3.66. The molecule has 0 aromatic heterocycles. The van der Waals surface area contributed by atoms with Gasteiger partial charge in [-0.25, -0.2) is 0 Å². The van der Waals surface area contributed by atoms with Gasteiger partial charge in [0.05, 0.1) is 0 Å². The molecule has 0 saturated heterocycles. The maximum atomic E-state index is 12.0. The van der Waals surface area contributed by atoms with Crippen LogP contribution in [0.4, 0.5) is 0 Å². The zero-order valence-electron chi connectivity index (χ0n) is 12.2. The van der Waals surface area contributed by atoms with Crippen molar-refractivity contribution in [1.82, 2.24) is 4.90 Å². The zero-order valence-corrected chi connectivity index (χ0v) is 12.2. The first-order valence-electron chi connectivity index (χ1n) is 8.20. The van der Waals surface area contributed by atoms with Crippen LogP contribution in [0.3, 0.4) is 0 Å². The minimum Gasteiger partial charge on any atom is -0.342 e. The largest absolute Gasteiger partial charge is 0.342 e. The Bertz CT molecular complexity index is 358. The molecule has 3 aliphatic carbocycles. The van der Waals surface area contributed by atoms with Crippen LogP contribution in [0.25, 0.3) is 0 Å². The van der Waals surface area contributed by atoms with E-state index in [9.17, 15) is 4.79 Å². The summed E-state index contributed by atoms with van der Waals surface area (Å²) >= 11 is 0. The van der Waals surface area contributed by atoms with Crippen LogP contribution in [-0.4, -0.2) is 23.9 Å².